The van der Waals surface area contributed by atoms with Crippen LogP contribution >= 0.6 is 0 Å². The van der Waals surface area contributed by atoms with E-state index in [0.29, 0.717) is 0 Å². The number of hydrogen-bond acceptors (Lipinski definition) is 2. The Kier molecular flexibility index (Phi) is 7.25. The standard InChI is InChI=1S/C14H30O2/c1-6-12-16-13(5,7-2)10-11-14(15,8-3)9-4/h15H,6-12H2,1-5H3. The van der Waals surface area contributed by atoms with Gasteiger partial charge in [0.1, 0.15) is 0 Å². The second kappa shape index (κ2) is 7.29. The summed E-state index contributed by atoms with van der Waals surface area (Å²) in [7, 11) is 0. The summed E-state index contributed by atoms with van der Waals surface area (Å²) in [5.74, 6) is 0. The van der Waals surface area contributed by atoms with E-state index >= 15 is 0 Å². The van der Waals surface area contributed by atoms with Crippen molar-refractivity contribution >= 4 is 0 Å². The van der Waals surface area contributed by atoms with Gasteiger partial charge in [-0.25, -0.2) is 0 Å². The van der Waals surface area contributed by atoms with Crippen LogP contribution in [0.15, 0.2) is 0 Å². The first-order chi connectivity index (χ1) is 7.45. The van der Waals surface area contributed by atoms with Crippen molar-refractivity contribution in [2.24, 2.45) is 0 Å². The number of aliphatic hydroxyl groups is 1. The van der Waals surface area contributed by atoms with Crippen molar-refractivity contribution < 1.29 is 9.84 Å². The van der Waals surface area contributed by atoms with Gasteiger partial charge >= 0.3 is 0 Å². The highest BCUT2D eigenvalue weighted by Gasteiger charge is 2.29. The fraction of sp³-hybridized carbons (Fsp3) is 1.00. The Morgan fingerprint density at radius 2 is 1.50 bits per heavy atom. The topological polar surface area (TPSA) is 29.5 Å². The van der Waals surface area contributed by atoms with Crippen LogP contribution in [0.2, 0.25) is 0 Å². The molecule has 0 aliphatic rings. The zero-order chi connectivity index (χ0) is 12.7. The molecule has 98 valence electrons. The lowest BCUT2D eigenvalue weighted by molar-refractivity contribution is -0.0635. The van der Waals surface area contributed by atoms with Gasteiger partial charge in [-0.2, -0.15) is 0 Å². The molecule has 0 aromatic rings. The highest BCUT2D eigenvalue weighted by molar-refractivity contribution is 4.81. The van der Waals surface area contributed by atoms with E-state index in [1.165, 1.54) is 0 Å². The van der Waals surface area contributed by atoms with Crippen LogP contribution in [0.3, 0.4) is 0 Å². The first-order valence-electron chi connectivity index (χ1n) is 6.81. The van der Waals surface area contributed by atoms with Crippen molar-refractivity contribution in [1.82, 2.24) is 0 Å². The van der Waals surface area contributed by atoms with Gasteiger partial charge in [-0.1, -0.05) is 27.7 Å². The van der Waals surface area contributed by atoms with E-state index < -0.39 is 5.60 Å². The predicted octanol–water partition coefficient (Wildman–Crippen LogP) is 3.91. The molecule has 0 rings (SSSR count). The van der Waals surface area contributed by atoms with Crippen molar-refractivity contribution in [3.8, 4) is 0 Å². The van der Waals surface area contributed by atoms with Gasteiger partial charge in [-0.15, -0.1) is 0 Å². The van der Waals surface area contributed by atoms with Gasteiger partial charge in [0.2, 0.25) is 0 Å². The zero-order valence-electron chi connectivity index (χ0n) is 11.8. The normalized spacial score (nSPS) is 16.1. The van der Waals surface area contributed by atoms with Gasteiger partial charge in [0.05, 0.1) is 11.2 Å². The highest BCUT2D eigenvalue weighted by Crippen LogP contribution is 2.29. The first kappa shape index (κ1) is 15.9. The van der Waals surface area contributed by atoms with Crippen molar-refractivity contribution in [3.05, 3.63) is 0 Å². The summed E-state index contributed by atoms with van der Waals surface area (Å²) in [5, 5.41) is 10.3. The molecule has 1 unspecified atom stereocenters. The molecule has 0 saturated carbocycles. The second-order valence-electron chi connectivity index (χ2n) is 5.08. The van der Waals surface area contributed by atoms with E-state index in [9.17, 15) is 5.11 Å². The van der Waals surface area contributed by atoms with Gasteiger partial charge in [0.25, 0.3) is 0 Å². The average Bonchev–Trinajstić information content (AvgIpc) is 2.33. The molecule has 0 radical (unpaired) electrons. The van der Waals surface area contributed by atoms with Crippen LogP contribution in [0, 0.1) is 0 Å². The molecule has 1 N–H and O–H groups in total. The van der Waals surface area contributed by atoms with E-state index in [1.54, 1.807) is 0 Å². The minimum atomic E-state index is -0.494. The van der Waals surface area contributed by atoms with Gasteiger partial charge in [0, 0.05) is 6.61 Å². The largest absolute Gasteiger partial charge is 0.390 e. The van der Waals surface area contributed by atoms with Crippen LogP contribution in [0.25, 0.3) is 0 Å². The Labute approximate surface area is 101 Å². The molecule has 0 aromatic heterocycles. The van der Waals surface area contributed by atoms with E-state index in [-0.39, 0.29) is 5.60 Å². The van der Waals surface area contributed by atoms with Crippen molar-refractivity contribution in [2.75, 3.05) is 6.61 Å². The molecule has 0 spiro atoms. The summed E-state index contributed by atoms with van der Waals surface area (Å²) in [5.41, 5.74) is -0.555. The predicted molar refractivity (Wildman–Crippen MR) is 69.7 cm³/mol. The number of ether oxygens (including phenoxy) is 1. The number of rotatable bonds is 9. The van der Waals surface area contributed by atoms with Crippen LogP contribution in [0.5, 0.6) is 0 Å². The Bertz CT molecular complexity index is 176. The van der Waals surface area contributed by atoms with Crippen LogP contribution in [-0.2, 0) is 4.74 Å². The van der Waals surface area contributed by atoms with Crippen LogP contribution in [-0.4, -0.2) is 22.9 Å². The molecular weight excluding hydrogens is 200 g/mol. The molecule has 2 nitrogen and oxygen atoms in total. The van der Waals surface area contributed by atoms with Crippen molar-refractivity contribution in [1.29, 1.82) is 0 Å². The summed E-state index contributed by atoms with van der Waals surface area (Å²) >= 11 is 0. The van der Waals surface area contributed by atoms with E-state index in [1.807, 2.05) is 0 Å². The Morgan fingerprint density at radius 3 is 1.88 bits per heavy atom. The smallest absolute Gasteiger partial charge is 0.0653 e. The second-order valence-corrected chi connectivity index (χ2v) is 5.08. The quantitative estimate of drug-likeness (QED) is 0.650. The maximum absolute atomic E-state index is 10.3. The van der Waals surface area contributed by atoms with Gasteiger partial charge in [-0.05, 0) is 45.4 Å². The maximum atomic E-state index is 10.3. The van der Waals surface area contributed by atoms with E-state index in [2.05, 4.69) is 34.6 Å². The van der Waals surface area contributed by atoms with Gasteiger partial charge < -0.3 is 9.84 Å². The first-order valence-corrected chi connectivity index (χ1v) is 6.81. The summed E-state index contributed by atoms with van der Waals surface area (Å²) in [6, 6.07) is 0. The molecule has 0 amide bonds. The third-order valence-corrected chi connectivity index (χ3v) is 3.84. The van der Waals surface area contributed by atoms with Gasteiger partial charge in [0.15, 0.2) is 0 Å². The molecular formula is C14H30O2. The Hall–Kier alpha value is -0.0800. The highest BCUT2D eigenvalue weighted by atomic mass is 16.5. The van der Waals surface area contributed by atoms with Crippen molar-refractivity contribution in [2.45, 2.75) is 84.3 Å². The summed E-state index contributed by atoms with van der Waals surface area (Å²) in [4.78, 5) is 0. The molecule has 0 aliphatic heterocycles. The monoisotopic (exact) mass is 230 g/mol. The molecule has 0 fully saturated rings. The molecule has 2 heteroatoms. The molecule has 0 saturated heterocycles. The van der Waals surface area contributed by atoms with Crippen LogP contribution < -0.4 is 0 Å². The maximum Gasteiger partial charge on any atom is 0.0653 e. The van der Waals surface area contributed by atoms with Crippen LogP contribution in [0.4, 0.5) is 0 Å². The molecule has 0 bridgehead atoms. The van der Waals surface area contributed by atoms with Crippen LogP contribution in [0.1, 0.15) is 73.1 Å². The third kappa shape index (κ3) is 5.31. The third-order valence-electron chi connectivity index (χ3n) is 3.84. The minimum Gasteiger partial charge on any atom is -0.390 e. The Balaban J connectivity index is 4.21. The lowest BCUT2D eigenvalue weighted by atomic mass is 9.85. The molecule has 0 aromatic carbocycles. The average molecular weight is 230 g/mol. The van der Waals surface area contributed by atoms with E-state index in [4.69, 9.17) is 4.74 Å². The fourth-order valence-corrected chi connectivity index (χ4v) is 1.80. The Morgan fingerprint density at radius 1 is 0.938 bits per heavy atom. The lowest BCUT2D eigenvalue weighted by Crippen LogP contribution is -2.34. The minimum absolute atomic E-state index is 0.0612. The van der Waals surface area contributed by atoms with Gasteiger partial charge in [-0.3, -0.25) is 0 Å². The molecule has 1 atom stereocenters. The molecule has 16 heavy (non-hydrogen) atoms. The zero-order valence-corrected chi connectivity index (χ0v) is 11.8. The van der Waals surface area contributed by atoms with E-state index in [0.717, 1.165) is 45.1 Å². The lowest BCUT2D eigenvalue weighted by Gasteiger charge is -2.33. The SMILES string of the molecule is CCCOC(C)(CC)CCC(O)(CC)CC. The molecule has 0 aliphatic carbocycles. The molecule has 0 heterocycles. The van der Waals surface area contributed by atoms with Crippen molar-refractivity contribution in [3.63, 3.8) is 0 Å². The fourth-order valence-electron chi connectivity index (χ4n) is 1.80. The summed E-state index contributed by atoms with van der Waals surface area (Å²) in [6.45, 7) is 11.4. The number of hydrogen-bond donors (Lipinski definition) is 1. The summed E-state index contributed by atoms with van der Waals surface area (Å²) < 4.78 is 5.90. The summed E-state index contributed by atoms with van der Waals surface area (Å²) in [6.07, 6.45) is 5.52.